The summed E-state index contributed by atoms with van der Waals surface area (Å²) in [5.41, 5.74) is 2.06. The number of aromatic nitrogens is 1. The number of fused-ring (bicyclic) bond motifs is 2. The Balaban J connectivity index is 1.42. The van der Waals surface area contributed by atoms with Gasteiger partial charge < -0.3 is 5.32 Å². The van der Waals surface area contributed by atoms with Gasteiger partial charge in [0.05, 0.1) is 31.6 Å². The third kappa shape index (κ3) is 5.14. The van der Waals surface area contributed by atoms with Crippen LogP contribution in [-0.4, -0.2) is 32.5 Å². The largest absolute Gasteiger partial charge is 0.325 e. The van der Waals surface area contributed by atoms with E-state index in [9.17, 15) is 29.3 Å². The van der Waals surface area contributed by atoms with Gasteiger partial charge in [-0.25, -0.2) is 4.90 Å². The Morgan fingerprint density at radius 2 is 1.70 bits per heavy atom. The van der Waals surface area contributed by atoms with E-state index >= 15 is 0 Å². The number of nitrogens with one attached hydrogen (secondary N) is 1. The van der Waals surface area contributed by atoms with Gasteiger partial charge in [0.25, 0.3) is 5.69 Å². The van der Waals surface area contributed by atoms with Crippen molar-refractivity contribution in [2.24, 2.45) is 5.92 Å². The summed E-state index contributed by atoms with van der Waals surface area (Å²) in [4.78, 5) is 65.8. The SMILES string of the molecule is Cc1ccc(NC(=O)Cn2c3c(sc2=O)[C@H](c2cccc(Cl)c2Cl)C2C(=O)N(c4ccc([N+](=O)[O-])cc4)C(=O)C2S3)cc1. The van der Waals surface area contributed by atoms with E-state index in [1.807, 2.05) is 19.1 Å². The van der Waals surface area contributed by atoms with Gasteiger partial charge in [0, 0.05) is 28.6 Å². The van der Waals surface area contributed by atoms with Crippen LogP contribution < -0.4 is 15.1 Å². The van der Waals surface area contributed by atoms with Crippen LogP contribution in [0.15, 0.2) is 76.6 Å². The van der Waals surface area contributed by atoms with Gasteiger partial charge in [-0.05, 0) is 42.8 Å². The Morgan fingerprint density at radius 3 is 2.37 bits per heavy atom. The first-order valence-corrected chi connectivity index (χ1v) is 15.3. The highest BCUT2D eigenvalue weighted by molar-refractivity contribution is 8.00. The smallest absolute Gasteiger partial charge is 0.308 e. The number of nitro groups is 1. The fourth-order valence-corrected chi connectivity index (χ4v) is 8.50. The summed E-state index contributed by atoms with van der Waals surface area (Å²) in [6.45, 7) is 1.61. The van der Waals surface area contributed by atoms with Crippen LogP contribution in [0, 0.1) is 23.0 Å². The molecule has 3 heterocycles. The van der Waals surface area contributed by atoms with Crippen LogP contribution in [0.4, 0.5) is 17.1 Å². The molecule has 1 saturated heterocycles. The zero-order valence-electron chi connectivity index (χ0n) is 22.2. The summed E-state index contributed by atoms with van der Waals surface area (Å²) in [6.07, 6.45) is 0. The first-order valence-electron chi connectivity index (χ1n) is 12.9. The highest BCUT2D eigenvalue weighted by atomic mass is 35.5. The van der Waals surface area contributed by atoms with Gasteiger partial charge in [0.1, 0.15) is 11.8 Å². The number of hydrogen-bond donors (Lipinski definition) is 1. The number of thiazole rings is 1. The van der Waals surface area contributed by atoms with Crippen LogP contribution in [0.25, 0.3) is 0 Å². The second-order valence-electron chi connectivity index (χ2n) is 10.0. The molecule has 43 heavy (non-hydrogen) atoms. The number of carbonyl (C=O) groups is 3. The number of rotatable bonds is 6. The number of anilines is 2. The second kappa shape index (κ2) is 11.3. The minimum atomic E-state index is -0.962. The number of aryl methyl sites for hydroxylation is 1. The fourth-order valence-electron chi connectivity index (χ4n) is 5.31. The first-order chi connectivity index (χ1) is 20.5. The molecule has 4 aromatic rings. The Bertz CT molecular complexity index is 1870. The van der Waals surface area contributed by atoms with Crippen molar-refractivity contribution in [2.45, 2.75) is 29.7 Å². The lowest BCUT2D eigenvalue weighted by Gasteiger charge is -2.31. The molecule has 10 nitrogen and oxygen atoms in total. The highest BCUT2D eigenvalue weighted by Crippen LogP contribution is 2.55. The minimum absolute atomic E-state index is 0.185. The molecular weight excluding hydrogens is 635 g/mol. The zero-order valence-corrected chi connectivity index (χ0v) is 25.3. The molecule has 1 N–H and O–H groups in total. The molecule has 2 unspecified atom stereocenters. The summed E-state index contributed by atoms with van der Waals surface area (Å²) in [7, 11) is 0. The first kappa shape index (κ1) is 29.1. The number of nitrogens with zero attached hydrogens (tertiary/aromatic N) is 3. The van der Waals surface area contributed by atoms with Gasteiger partial charge >= 0.3 is 4.87 Å². The number of benzene rings is 3. The van der Waals surface area contributed by atoms with E-state index in [4.69, 9.17) is 23.2 Å². The van der Waals surface area contributed by atoms with Crippen LogP contribution in [0.1, 0.15) is 21.9 Å². The Kier molecular flexibility index (Phi) is 7.63. The molecule has 2 aliphatic heterocycles. The number of imide groups is 1. The molecule has 1 aromatic heterocycles. The second-order valence-corrected chi connectivity index (χ2v) is 12.9. The molecule has 0 radical (unpaired) electrons. The van der Waals surface area contributed by atoms with Crippen LogP contribution in [0.5, 0.6) is 0 Å². The van der Waals surface area contributed by atoms with E-state index in [0.717, 1.165) is 33.6 Å². The monoisotopic (exact) mass is 654 g/mol. The normalized spacial score (nSPS) is 19.2. The maximum atomic E-state index is 14.0. The molecular formula is C29H20Cl2N4O6S2. The van der Waals surface area contributed by atoms with Crippen molar-refractivity contribution in [3.63, 3.8) is 0 Å². The van der Waals surface area contributed by atoms with Gasteiger partial charge in [0.2, 0.25) is 17.7 Å². The van der Waals surface area contributed by atoms with E-state index in [1.54, 1.807) is 30.3 Å². The minimum Gasteiger partial charge on any atom is -0.325 e. The summed E-state index contributed by atoms with van der Waals surface area (Å²) < 4.78 is 1.31. The molecule has 14 heteroatoms. The van der Waals surface area contributed by atoms with Crippen molar-refractivity contribution in [3.8, 4) is 0 Å². The summed E-state index contributed by atoms with van der Waals surface area (Å²) in [5.74, 6) is -3.28. The molecule has 0 saturated carbocycles. The van der Waals surface area contributed by atoms with Gasteiger partial charge in [0.15, 0.2) is 0 Å². The lowest BCUT2D eigenvalue weighted by Crippen LogP contribution is -2.33. The topological polar surface area (TPSA) is 132 Å². The number of thioether (sulfide) groups is 1. The molecule has 3 atom stereocenters. The van der Waals surface area contributed by atoms with E-state index in [0.29, 0.717) is 21.2 Å². The Hall–Kier alpha value is -3.97. The number of halogens is 2. The molecule has 0 aliphatic carbocycles. The number of nitro benzene ring substituents is 1. The summed E-state index contributed by atoms with van der Waals surface area (Å²) >= 11 is 14.9. The maximum absolute atomic E-state index is 14.0. The molecule has 218 valence electrons. The zero-order chi connectivity index (χ0) is 30.6. The van der Waals surface area contributed by atoms with Crippen molar-refractivity contribution in [1.29, 1.82) is 0 Å². The van der Waals surface area contributed by atoms with Gasteiger partial charge in [-0.15, -0.1) is 0 Å². The van der Waals surface area contributed by atoms with Crippen LogP contribution in [0.2, 0.25) is 10.0 Å². The van der Waals surface area contributed by atoms with E-state index in [-0.39, 0.29) is 28.0 Å². The molecule has 3 amide bonds. The average Bonchev–Trinajstić information content (AvgIpc) is 3.42. The van der Waals surface area contributed by atoms with Crippen molar-refractivity contribution in [3.05, 3.63) is 113 Å². The van der Waals surface area contributed by atoms with Crippen molar-refractivity contribution in [2.75, 3.05) is 10.2 Å². The van der Waals surface area contributed by atoms with Crippen molar-refractivity contribution < 1.29 is 19.3 Å². The van der Waals surface area contributed by atoms with E-state index < -0.39 is 44.6 Å². The molecule has 0 spiro atoms. The van der Waals surface area contributed by atoms with E-state index in [1.165, 1.54) is 28.8 Å². The number of hydrogen-bond acceptors (Lipinski definition) is 8. The Morgan fingerprint density at radius 1 is 1.00 bits per heavy atom. The molecule has 1 fully saturated rings. The molecule has 2 aliphatic rings. The van der Waals surface area contributed by atoms with Crippen LogP contribution in [-0.2, 0) is 20.9 Å². The highest BCUT2D eigenvalue weighted by Gasteiger charge is 2.57. The van der Waals surface area contributed by atoms with Crippen LogP contribution in [0.3, 0.4) is 0 Å². The predicted molar refractivity (Wildman–Crippen MR) is 165 cm³/mol. The maximum Gasteiger partial charge on any atom is 0.308 e. The van der Waals surface area contributed by atoms with Gasteiger partial charge in [-0.1, -0.05) is 76.1 Å². The lowest BCUT2D eigenvalue weighted by molar-refractivity contribution is -0.384. The molecule has 0 bridgehead atoms. The third-order valence-electron chi connectivity index (χ3n) is 7.32. The molecule has 3 aromatic carbocycles. The standard InChI is InChI=1S/C29H20Cl2N4O6S2/c1-14-5-7-15(8-6-14)32-20(36)13-33-28-25(43-29(33)39)21(18-3-2-4-19(30)23(18)31)22-24(42-28)27(38)34(26(22)37)16-9-11-17(12-10-16)35(40)41/h2-12,21-22,24H,13H2,1H3,(H,32,36)/t21-,22?,24?/m1/s1. The number of non-ortho nitro benzene ring substituents is 1. The predicted octanol–water partition coefficient (Wildman–Crippen LogP) is 5.87. The molecule has 6 rings (SSSR count). The number of carbonyl (C=O) groups excluding carboxylic acids is 3. The average molecular weight is 656 g/mol. The lowest BCUT2D eigenvalue weighted by atomic mass is 9.83. The van der Waals surface area contributed by atoms with Gasteiger partial charge in [-0.3, -0.25) is 33.9 Å². The van der Waals surface area contributed by atoms with E-state index in [2.05, 4.69) is 5.32 Å². The summed E-state index contributed by atoms with van der Waals surface area (Å²) in [6, 6.07) is 17.3. The van der Waals surface area contributed by atoms with Crippen LogP contribution >= 0.6 is 46.3 Å². The fraction of sp³-hybridized carbons (Fsp3) is 0.172. The third-order valence-corrected chi connectivity index (χ3v) is 10.8. The van der Waals surface area contributed by atoms with Gasteiger partial charge in [-0.2, -0.15) is 0 Å². The number of amides is 3. The van der Waals surface area contributed by atoms with Crippen molar-refractivity contribution in [1.82, 2.24) is 4.57 Å². The van der Waals surface area contributed by atoms with Crippen molar-refractivity contribution >= 4 is 81.1 Å². The quantitative estimate of drug-likeness (QED) is 0.156. The Labute approximate surface area is 262 Å². The summed E-state index contributed by atoms with van der Waals surface area (Å²) in [5, 5.41) is 13.8.